The Morgan fingerprint density at radius 2 is 1.93 bits per heavy atom. The molecule has 0 bridgehead atoms. The molecule has 1 amide bonds. The highest BCUT2D eigenvalue weighted by Crippen LogP contribution is 2.25. The number of aliphatic hydroxyl groups excluding tert-OH is 1. The Kier molecular flexibility index (Phi) is 6.09. The van der Waals surface area contributed by atoms with E-state index in [1.54, 1.807) is 4.90 Å². The fraction of sp³-hybridized carbons (Fsp3) is 0.579. The first-order chi connectivity index (χ1) is 14.0. The number of fused-ring (bicyclic) bond motifs is 1. The summed E-state index contributed by atoms with van der Waals surface area (Å²) >= 11 is 6.18. The van der Waals surface area contributed by atoms with Crippen molar-refractivity contribution in [1.29, 1.82) is 0 Å². The minimum Gasteiger partial charge on any atom is -0.384 e. The number of morpholine rings is 1. The van der Waals surface area contributed by atoms with Crippen LogP contribution in [0.3, 0.4) is 0 Å². The monoisotopic (exact) mass is 420 g/mol. The minimum atomic E-state index is -0.948. The van der Waals surface area contributed by atoms with Crippen LogP contribution in [0.1, 0.15) is 12.5 Å². The number of hydrogen-bond donors (Lipinski definition) is 1. The standard InChI is InChI=1S/C19H25ClN6O3/c1-13(27)18(28)26-4-2-24(3-5-26)12-14-10-15-16(21-11-14)17(23-19(20)22-15)25-6-8-29-9-7-25/h10-11,13,27H,2-9,12H2,1H3. The Hall–Kier alpha value is -2.07. The van der Waals surface area contributed by atoms with Crippen molar-refractivity contribution in [3.05, 3.63) is 23.1 Å². The van der Waals surface area contributed by atoms with Gasteiger partial charge in [0.05, 0.1) is 18.7 Å². The molecule has 1 N–H and O–H groups in total. The van der Waals surface area contributed by atoms with Gasteiger partial charge in [-0.1, -0.05) is 0 Å². The summed E-state index contributed by atoms with van der Waals surface area (Å²) in [6.07, 6.45) is 0.910. The van der Waals surface area contributed by atoms with Crippen LogP contribution in [0.4, 0.5) is 5.82 Å². The Bertz CT molecular complexity index is 882. The fourth-order valence-corrected chi connectivity index (χ4v) is 3.92. The van der Waals surface area contributed by atoms with E-state index in [-0.39, 0.29) is 11.2 Å². The number of rotatable bonds is 4. The quantitative estimate of drug-likeness (QED) is 0.716. The number of piperazine rings is 1. The molecule has 0 aromatic carbocycles. The molecule has 29 heavy (non-hydrogen) atoms. The van der Waals surface area contributed by atoms with Crippen LogP contribution in [-0.4, -0.2) is 94.4 Å². The summed E-state index contributed by atoms with van der Waals surface area (Å²) in [5, 5.41) is 9.68. The highest BCUT2D eigenvalue weighted by atomic mass is 35.5. The lowest BCUT2D eigenvalue weighted by Crippen LogP contribution is -2.50. The van der Waals surface area contributed by atoms with Gasteiger partial charge in [-0.3, -0.25) is 14.7 Å². The lowest BCUT2D eigenvalue weighted by Gasteiger charge is -2.35. The van der Waals surface area contributed by atoms with Crippen LogP contribution in [0, 0.1) is 0 Å². The number of carbonyl (C=O) groups excluding carboxylic acids is 1. The largest absolute Gasteiger partial charge is 0.384 e. The summed E-state index contributed by atoms with van der Waals surface area (Å²) in [6, 6.07) is 2.01. The summed E-state index contributed by atoms with van der Waals surface area (Å²) in [4.78, 5) is 31.4. The molecule has 2 aliphatic heterocycles. The van der Waals surface area contributed by atoms with Gasteiger partial charge in [-0.2, -0.15) is 4.98 Å². The highest BCUT2D eigenvalue weighted by molar-refractivity contribution is 6.28. The van der Waals surface area contributed by atoms with E-state index >= 15 is 0 Å². The molecular weight excluding hydrogens is 396 g/mol. The molecular formula is C19H25ClN6O3. The first kappa shape index (κ1) is 20.2. The lowest BCUT2D eigenvalue weighted by atomic mass is 10.2. The smallest absolute Gasteiger partial charge is 0.251 e. The Labute approximate surface area is 174 Å². The molecule has 0 saturated carbocycles. The van der Waals surface area contributed by atoms with E-state index in [0.717, 1.165) is 48.6 Å². The van der Waals surface area contributed by atoms with E-state index in [0.29, 0.717) is 32.8 Å². The Balaban J connectivity index is 1.47. The number of carbonyl (C=O) groups is 1. The number of nitrogens with zero attached hydrogens (tertiary/aromatic N) is 6. The number of aliphatic hydroxyl groups is 1. The lowest BCUT2D eigenvalue weighted by molar-refractivity contribution is -0.141. The average molecular weight is 421 g/mol. The van der Waals surface area contributed by atoms with E-state index in [4.69, 9.17) is 16.3 Å². The van der Waals surface area contributed by atoms with Gasteiger partial charge in [-0.25, -0.2) is 4.98 Å². The van der Waals surface area contributed by atoms with Crippen molar-refractivity contribution >= 4 is 34.4 Å². The molecule has 0 spiro atoms. The molecule has 4 rings (SSSR count). The van der Waals surface area contributed by atoms with Gasteiger partial charge in [-0.05, 0) is 30.2 Å². The molecule has 156 valence electrons. The maximum Gasteiger partial charge on any atom is 0.251 e. The topological polar surface area (TPSA) is 94.9 Å². The second-order valence-corrected chi connectivity index (χ2v) is 7.74. The summed E-state index contributed by atoms with van der Waals surface area (Å²) < 4.78 is 5.42. The van der Waals surface area contributed by atoms with Gasteiger partial charge in [-0.15, -0.1) is 0 Å². The van der Waals surface area contributed by atoms with Gasteiger partial charge in [0.2, 0.25) is 5.28 Å². The van der Waals surface area contributed by atoms with Crippen LogP contribution in [0.25, 0.3) is 11.0 Å². The maximum atomic E-state index is 11.9. The fourth-order valence-electron chi connectivity index (χ4n) is 3.75. The van der Waals surface area contributed by atoms with Crippen molar-refractivity contribution in [3.8, 4) is 0 Å². The molecule has 1 unspecified atom stereocenters. The molecule has 1 atom stereocenters. The molecule has 9 nitrogen and oxygen atoms in total. The molecule has 10 heteroatoms. The summed E-state index contributed by atoms with van der Waals surface area (Å²) in [5.41, 5.74) is 2.51. The highest BCUT2D eigenvalue weighted by Gasteiger charge is 2.24. The Morgan fingerprint density at radius 3 is 2.62 bits per heavy atom. The second kappa shape index (κ2) is 8.74. The predicted octanol–water partition coefficient (Wildman–Crippen LogP) is 0.540. The number of pyridine rings is 1. The number of amides is 1. The molecule has 2 fully saturated rings. The first-order valence-corrected chi connectivity index (χ1v) is 10.2. The molecule has 2 aromatic heterocycles. The molecule has 0 radical (unpaired) electrons. The maximum absolute atomic E-state index is 11.9. The van der Waals surface area contributed by atoms with Crippen LogP contribution in [-0.2, 0) is 16.1 Å². The third-order valence-corrected chi connectivity index (χ3v) is 5.47. The van der Waals surface area contributed by atoms with Crippen molar-refractivity contribution in [2.45, 2.75) is 19.6 Å². The molecule has 0 aliphatic carbocycles. The number of anilines is 1. The predicted molar refractivity (Wildman–Crippen MR) is 109 cm³/mol. The van der Waals surface area contributed by atoms with Crippen LogP contribution >= 0.6 is 11.6 Å². The van der Waals surface area contributed by atoms with E-state index in [9.17, 15) is 9.90 Å². The molecule has 2 aliphatic rings. The van der Waals surface area contributed by atoms with Crippen LogP contribution in [0.5, 0.6) is 0 Å². The van der Waals surface area contributed by atoms with Gasteiger partial charge >= 0.3 is 0 Å². The molecule has 2 saturated heterocycles. The van der Waals surface area contributed by atoms with Crippen molar-refractivity contribution in [1.82, 2.24) is 24.8 Å². The van der Waals surface area contributed by atoms with Crippen molar-refractivity contribution in [3.63, 3.8) is 0 Å². The molecule has 4 heterocycles. The van der Waals surface area contributed by atoms with Gasteiger partial charge in [0.1, 0.15) is 11.6 Å². The van der Waals surface area contributed by atoms with Gasteiger partial charge in [0.15, 0.2) is 5.82 Å². The first-order valence-electron chi connectivity index (χ1n) is 9.85. The third kappa shape index (κ3) is 4.58. The van der Waals surface area contributed by atoms with E-state index in [2.05, 4.69) is 24.8 Å². The zero-order valence-electron chi connectivity index (χ0n) is 16.4. The minimum absolute atomic E-state index is 0.209. The SMILES string of the molecule is CC(O)C(=O)N1CCN(Cc2cnc3c(N4CCOCC4)nc(Cl)nc3c2)CC1. The van der Waals surface area contributed by atoms with Gasteiger partial charge in [0.25, 0.3) is 5.91 Å². The Morgan fingerprint density at radius 1 is 1.21 bits per heavy atom. The van der Waals surface area contributed by atoms with Crippen LogP contribution in [0.2, 0.25) is 5.28 Å². The zero-order chi connectivity index (χ0) is 20.4. The van der Waals surface area contributed by atoms with E-state index in [1.165, 1.54) is 6.92 Å². The average Bonchev–Trinajstić information content (AvgIpc) is 2.73. The van der Waals surface area contributed by atoms with Gasteiger partial charge < -0.3 is 19.6 Å². The summed E-state index contributed by atoms with van der Waals surface area (Å²) in [6.45, 7) is 7.76. The second-order valence-electron chi connectivity index (χ2n) is 7.40. The van der Waals surface area contributed by atoms with Crippen molar-refractivity contribution in [2.24, 2.45) is 0 Å². The number of hydrogen-bond acceptors (Lipinski definition) is 8. The van der Waals surface area contributed by atoms with Crippen molar-refractivity contribution < 1.29 is 14.6 Å². The number of aromatic nitrogens is 3. The molecule has 2 aromatic rings. The third-order valence-electron chi connectivity index (χ3n) is 5.31. The van der Waals surface area contributed by atoms with Gasteiger partial charge in [0, 0.05) is 52.0 Å². The van der Waals surface area contributed by atoms with Crippen LogP contribution in [0.15, 0.2) is 12.3 Å². The summed E-state index contributed by atoms with van der Waals surface area (Å²) in [7, 11) is 0. The number of ether oxygens (including phenoxy) is 1. The number of halogens is 1. The zero-order valence-corrected chi connectivity index (χ0v) is 17.2. The summed E-state index contributed by atoms with van der Waals surface area (Å²) in [5.74, 6) is 0.541. The van der Waals surface area contributed by atoms with E-state index < -0.39 is 6.10 Å². The normalized spacial score (nSPS) is 19.6. The van der Waals surface area contributed by atoms with E-state index in [1.807, 2.05) is 12.3 Å². The van der Waals surface area contributed by atoms with Crippen molar-refractivity contribution in [2.75, 3.05) is 57.4 Å². The van der Waals surface area contributed by atoms with Crippen LogP contribution < -0.4 is 4.90 Å².